The minimum absolute atomic E-state index is 0. The Balaban J connectivity index is 0.00000225. The minimum Gasteiger partial charge on any atom is -0.341 e. The van der Waals surface area contributed by atoms with Crippen LogP contribution in [0.4, 0.5) is 0 Å². The van der Waals surface area contributed by atoms with Crippen LogP contribution in [0.3, 0.4) is 0 Å². The molecule has 1 atom stereocenters. The van der Waals surface area contributed by atoms with Gasteiger partial charge in [-0.05, 0) is 50.0 Å². The van der Waals surface area contributed by atoms with E-state index in [-0.39, 0.29) is 36.6 Å². The average Bonchev–Trinajstić information content (AvgIpc) is 2.75. The predicted octanol–water partition coefficient (Wildman–Crippen LogP) is 2.72. The molecule has 3 rings (SSSR count). The van der Waals surface area contributed by atoms with Crippen LogP contribution < -0.4 is 10.6 Å². The molecule has 0 saturated carbocycles. The standard InChI is InChI=1S/C22H28N4O2.2ClH/c1-23-15-18-9-12-26(13-10-18)22(28)20(14-17-6-3-2-4-7-17)25-21(27)19-8-5-11-24-16-19;;/h2-8,11,16,18,20,23H,9-10,12-15H2,1H3,(H,25,27);2*1H. The highest BCUT2D eigenvalue weighted by molar-refractivity contribution is 5.97. The van der Waals surface area contributed by atoms with Gasteiger partial charge >= 0.3 is 0 Å². The number of rotatable bonds is 7. The number of hydrogen-bond donors (Lipinski definition) is 2. The van der Waals surface area contributed by atoms with E-state index in [1.54, 1.807) is 18.3 Å². The molecule has 8 heteroatoms. The van der Waals surface area contributed by atoms with Crippen molar-refractivity contribution < 1.29 is 9.59 Å². The summed E-state index contributed by atoms with van der Waals surface area (Å²) in [6.45, 7) is 2.45. The number of nitrogens with zero attached hydrogens (tertiary/aromatic N) is 2. The highest BCUT2D eigenvalue weighted by atomic mass is 35.5. The third-order valence-corrected chi connectivity index (χ3v) is 5.23. The molecule has 1 saturated heterocycles. The molecule has 2 aromatic rings. The van der Waals surface area contributed by atoms with E-state index in [4.69, 9.17) is 0 Å². The molecule has 1 aliphatic rings. The maximum atomic E-state index is 13.2. The lowest BCUT2D eigenvalue weighted by Gasteiger charge is -2.34. The molecule has 0 spiro atoms. The smallest absolute Gasteiger partial charge is 0.253 e. The van der Waals surface area contributed by atoms with Gasteiger partial charge < -0.3 is 15.5 Å². The summed E-state index contributed by atoms with van der Waals surface area (Å²) in [5, 5.41) is 6.15. The van der Waals surface area contributed by atoms with E-state index in [9.17, 15) is 9.59 Å². The van der Waals surface area contributed by atoms with Crippen molar-refractivity contribution in [2.75, 3.05) is 26.7 Å². The summed E-state index contributed by atoms with van der Waals surface area (Å²) in [4.78, 5) is 31.7. The number of carbonyl (C=O) groups is 2. The van der Waals surface area contributed by atoms with Crippen molar-refractivity contribution in [3.8, 4) is 0 Å². The minimum atomic E-state index is -0.587. The second-order valence-electron chi connectivity index (χ2n) is 7.28. The summed E-state index contributed by atoms with van der Waals surface area (Å²) < 4.78 is 0. The van der Waals surface area contributed by atoms with Gasteiger partial charge in [0.1, 0.15) is 6.04 Å². The van der Waals surface area contributed by atoms with Crippen LogP contribution in [-0.4, -0.2) is 54.4 Å². The van der Waals surface area contributed by atoms with Crippen molar-refractivity contribution in [2.24, 2.45) is 5.92 Å². The Morgan fingerprint density at radius 1 is 1.10 bits per heavy atom. The highest BCUT2D eigenvalue weighted by Crippen LogP contribution is 2.18. The lowest BCUT2D eigenvalue weighted by molar-refractivity contribution is -0.134. The van der Waals surface area contributed by atoms with Crippen LogP contribution in [-0.2, 0) is 11.2 Å². The van der Waals surface area contributed by atoms with Gasteiger partial charge in [0.25, 0.3) is 5.91 Å². The first kappa shape index (κ1) is 25.9. The maximum Gasteiger partial charge on any atom is 0.253 e. The number of benzene rings is 1. The van der Waals surface area contributed by atoms with Crippen LogP contribution in [0, 0.1) is 5.92 Å². The zero-order valence-corrected chi connectivity index (χ0v) is 18.8. The molecule has 2 heterocycles. The molecule has 1 unspecified atom stereocenters. The van der Waals surface area contributed by atoms with Gasteiger partial charge in [0.15, 0.2) is 0 Å². The number of piperidine rings is 1. The monoisotopic (exact) mass is 452 g/mol. The summed E-state index contributed by atoms with van der Waals surface area (Å²) in [6, 6.07) is 12.6. The van der Waals surface area contributed by atoms with Crippen molar-refractivity contribution in [3.63, 3.8) is 0 Å². The molecule has 0 aliphatic carbocycles. The SMILES string of the molecule is CNCC1CCN(C(=O)C(Cc2ccccc2)NC(=O)c2cccnc2)CC1.Cl.Cl. The molecule has 0 radical (unpaired) electrons. The van der Waals surface area contributed by atoms with Crippen molar-refractivity contribution in [3.05, 3.63) is 66.0 Å². The Morgan fingerprint density at radius 3 is 2.40 bits per heavy atom. The summed E-state index contributed by atoms with van der Waals surface area (Å²) in [5.41, 5.74) is 1.48. The van der Waals surface area contributed by atoms with Gasteiger partial charge in [-0.15, -0.1) is 24.8 Å². The molecule has 30 heavy (non-hydrogen) atoms. The molecule has 164 valence electrons. The molecule has 0 bridgehead atoms. The lowest BCUT2D eigenvalue weighted by atomic mass is 9.95. The molecule has 2 amide bonds. The second kappa shape index (κ2) is 13.2. The van der Waals surface area contributed by atoms with Gasteiger partial charge in [-0.25, -0.2) is 0 Å². The van der Waals surface area contributed by atoms with Crippen LogP contribution in [0.15, 0.2) is 54.9 Å². The lowest BCUT2D eigenvalue weighted by Crippen LogP contribution is -2.52. The Hall–Kier alpha value is -2.15. The number of likely N-dealkylation sites (tertiary alicyclic amines) is 1. The van der Waals surface area contributed by atoms with E-state index >= 15 is 0 Å². The van der Waals surface area contributed by atoms with Crippen molar-refractivity contribution in [1.29, 1.82) is 0 Å². The normalized spacial score (nSPS) is 14.8. The van der Waals surface area contributed by atoms with Crippen molar-refractivity contribution >= 4 is 36.6 Å². The van der Waals surface area contributed by atoms with Crippen molar-refractivity contribution in [2.45, 2.75) is 25.3 Å². The number of halogens is 2. The fourth-order valence-corrected chi connectivity index (χ4v) is 3.66. The van der Waals surface area contributed by atoms with E-state index in [2.05, 4.69) is 15.6 Å². The van der Waals surface area contributed by atoms with E-state index < -0.39 is 6.04 Å². The molecular weight excluding hydrogens is 423 g/mol. The quantitative estimate of drug-likeness (QED) is 0.676. The van der Waals surface area contributed by atoms with E-state index in [1.807, 2.05) is 42.3 Å². The largest absolute Gasteiger partial charge is 0.341 e. The predicted molar refractivity (Wildman–Crippen MR) is 123 cm³/mol. The Morgan fingerprint density at radius 2 is 1.80 bits per heavy atom. The van der Waals surface area contributed by atoms with Gasteiger partial charge in [0, 0.05) is 31.9 Å². The summed E-state index contributed by atoms with van der Waals surface area (Å²) >= 11 is 0. The van der Waals surface area contributed by atoms with Gasteiger partial charge in [-0.1, -0.05) is 30.3 Å². The molecular formula is C22H30Cl2N4O2. The summed E-state index contributed by atoms with van der Waals surface area (Å²) in [7, 11) is 1.96. The van der Waals surface area contributed by atoms with E-state index in [1.165, 1.54) is 6.20 Å². The molecule has 1 aliphatic heterocycles. The second-order valence-corrected chi connectivity index (χ2v) is 7.28. The molecule has 1 aromatic carbocycles. The third-order valence-electron chi connectivity index (χ3n) is 5.23. The van der Waals surface area contributed by atoms with Crippen LogP contribution in [0.5, 0.6) is 0 Å². The Kier molecular flexibility index (Phi) is 11.4. The number of pyridine rings is 1. The van der Waals surface area contributed by atoms with Crippen LogP contribution >= 0.6 is 24.8 Å². The summed E-state index contributed by atoms with van der Waals surface area (Å²) in [6.07, 6.45) is 5.59. The topological polar surface area (TPSA) is 74.3 Å². The van der Waals surface area contributed by atoms with Gasteiger partial charge in [0.05, 0.1) is 5.56 Å². The summed E-state index contributed by atoms with van der Waals surface area (Å²) in [5.74, 6) is 0.322. The number of aromatic nitrogens is 1. The molecule has 2 N–H and O–H groups in total. The molecule has 1 aromatic heterocycles. The number of hydrogen-bond acceptors (Lipinski definition) is 4. The number of carbonyl (C=O) groups excluding carboxylic acids is 2. The maximum absolute atomic E-state index is 13.2. The third kappa shape index (κ3) is 7.27. The van der Waals surface area contributed by atoms with Gasteiger partial charge in [-0.2, -0.15) is 0 Å². The Bertz CT molecular complexity index is 769. The fraction of sp³-hybridized carbons (Fsp3) is 0.409. The van der Waals surface area contributed by atoms with Crippen LogP contribution in [0.2, 0.25) is 0 Å². The Labute approximate surface area is 190 Å². The van der Waals surface area contributed by atoms with E-state index in [0.717, 1.165) is 38.0 Å². The van der Waals surface area contributed by atoms with Gasteiger partial charge in [0.2, 0.25) is 5.91 Å². The van der Waals surface area contributed by atoms with Crippen LogP contribution in [0.1, 0.15) is 28.8 Å². The first-order chi connectivity index (χ1) is 13.7. The number of nitrogens with one attached hydrogen (secondary N) is 2. The zero-order chi connectivity index (χ0) is 19.8. The fourth-order valence-electron chi connectivity index (χ4n) is 3.66. The van der Waals surface area contributed by atoms with Crippen LogP contribution in [0.25, 0.3) is 0 Å². The average molecular weight is 453 g/mol. The molecule has 6 nitrogen and oxygen atoms in total. The number of amides is 2. The van der Waals surface area contributed by atoms with Crippen molar-refractivity contribution in [1.82, 2.24) is 20.5 Å². The zero-order valence-electron chi connectivity index (χ0n) is 17.1. The highest BCUT2D eigenvalue weighted by Gasteiger charge is 2.29. The first-order valence-electron chi connectivity index (χ1n) is 9.85. The van der Waals surface area contributed by atoms with E-state index in [0.29, 0.717) is 17.9 Å². The molecule has 1 fully saturated rings. The first-order valence-corrected chi connectivity index (χ1v) is 9.85. The van der Waals surface area contributed by atoms with Gasteiger partial charge in [-0.3, -0.25) is 14.6 Å².